The molecular weight excluding hydrogens is 1040 g/mol. The van der Waals surface area contributed by atoms with E-state index in [0.717, 1.165) is 38.5 Å². The Morgan fingerprint density at radius 3 is 1.11 bits per heavy atom. The van der Waals surface area contributed by atoms with Crippen molar-refractivity contribution < 1.29 is 51.8 Å². The largest absolute Gasteiger partial charge is 0.397 e. The smallest absolute Gasteiger partial charge is 0.394 e. The number of nitrogens with one attached hydrogen (secondary N) is 1. The van der Waals surface area contributed by atoms with Crippen LogP contribution in [-0.4, -0.2) is 95.4 Å². The Hall–Kier alpha value is -1.42. The van der Waals surface area contributed by atoms with Gasteiger partial charge in [-0.2, -0.15) is 8.42 Å². The zero-order chi connectivity index (χ0) is 59.0. The molecule has 0 aromatic carbocycles. The summed E-state index contributed by atoms with van der Waals surface area (Å²) in [6, 6.07) is -0.943. The number of hydrogen-bond acceptors (Lipinski definition) is 10. The predicted molar refractivity (Wildman–Crippen MR) is 338 cm³/mol. The highest BCUT2D eigenvalue weighted by Gasteiger charge is 2.48. The predicted octanol–water partition coefficient (Wildman–Crippen LogP) is 17.9. The minimum Gasteiger partial charge on any atom is -0.394 e. The number of allylic oxidation sites excluding steroid dienone is 3. The van der Waals surface area contributed by atoms with Crippen LogP contribution >= 0.6 is 0 Å². The summed E-state index contributed by atoms with van der Waals surface area (Å²) in [5.74, 6) is -0.255. The van der Waals surface area contributed by atoms with Crippen molar-refractivity contribution in [3.8, 4) is 0 Å². The van der Waals surface area contributed by atoms with Crippen molar-refractivity contribution in [3.05, 3.63) is 24.3 Å². The van der Waals surface area contributed by atoms with Crippen molar-refractivity contribution in [1.82, 2.24) is 5.32 Å². The maximum absolute atomic E-state index is 13.2. The minimum absolute atomic E-state index is 0.255. The van der Waals surface area contributed by atoms with Gasteiger partial charge in [0.2, 0.25) is 5.91 Å². The molecule has 1 heterocycles. The van der Waals surface area contributed by atoms with E-state index >= 15 is 0 Å². The second kappa shape index (κ2) is 57.6. The molecule has 0 saturated carbocycles. The quantitative estimate of drug-likeness (QED) is 0.0193. The lowest BCUT2D eigenvalue weighted by Gasteiger charge is -2.41. The molecule has 0 radical (unpaired) electrons. The van der Waals surface area contributed by atoms with Crippen LogP contribution in [0.15, 0.2) is 24.3 Å². The van der Waals surface area contributed by atoms with Crippen molar-refractivity contribution in [2.45, 2.75) is 391 Å². The number of hydrogen-bond donors (Lipinski definition) is 6. The summed E-state index contributed by atoms with van der Waals surface area (Å²) in [6.07, 6.45) is 65.5. The van der Waals surface area contributed by atoms with Crippen LogP contribution in [-0.2, 0) is 28.9 Å². The molecule has 1 amide bonds. The fourth-order valence-electron chi connectivity index (χ4n) is 11.4. The third kappa shape index (κ3) is 49.4. The van der Waals surface area contributed by atoms with Gasteiger partial charge in [0.1, 0.15) is 24.4 Å². The average Bonchev–Trinajstić information content (AvgIpc) is 3.51. The first-order valence-corrected chi connectivity index (χ1v) is 36.1. The van der Waals surface area contributed by atoms with E-state index in [1.165, 1.54) is 283 Å². The van der Waals surface area contributed by atoms with Gasteiger partial charge < -0.3 is 35.2 Å². The summed E-state index contributed by atoms with van der Waals surface area (Å²) in [4.78, 5) is 13.2. The second-order valence-corrected chi connectivity index (χ2v) is 25.5. The van der Waals surface area contributed by atoms with Gasteiger partial charge in [0.25, 0.3) is 0 Å². The van der Waals surface area contributed by atoms with Gasteiger partial charge in [0.15, 0.2) is 6.29 Å². The molecule has 0 aromatic rings. The van der Waals surface area contributed by atoms with E-state index in [0.29, 0.717) is 6.42 Å². The molecule has 1 aliphatic rings. The van der Waals surface area contributed by atoms with Crippen LogP contribution in [0.1, 0.15) is 348 Å². The third-order valence-electron chi connectivity index (χ3n) is 16.7. The maximum Gasteiger partial charge on any atom is 0.397 e. The van der Waals surface area contributed by atoms with Gasteiger partial charge in [0.05, 0.1) is 25.4 Å². The summed E-state index contributed by atoms with van der Waals surface area (Å²) in [5.41, 5.74) is 0. The van der Waals surface area contributed by atoms with Crippen LogP contribution in [0.4, 0.5) is 0 Å². The Kier molecular flexibility index (Phi) is 55.2. The number of carbonyl (C=O) groups is 1. The Bertz CT molecular complexity index is 1520. The fourth-order valence-corrected chi connectivity index (χ4v) is 11.9. The lowest BCUT2D eigenvalue weighted by molar-refractivity contribution is -0.298. The SMILES string of the molecule is CCCCCCCCCCCCCCCC/C=C\CCCCCCCCCCCCCCCCCCCC(=O)NC(COC1OC(CO)C(O)C(OS(=O)(=O)O)C1O)C(O)/C=C/CCCCCCCCCCCCCCCCCCC. The van der Waals surface area contributed by atoms with Crippen molar-refractivity contribution in [3.63, 3.8) is 0 Å². The molecular formula is C68H131NO11S. The van der Waals surface area contributed by atoms with Crippen LogP contribution in [0.2, 0.25) is 0 Å². The number of ether oxygens (including phenoxy) is 2. The molecule has 12 nitrogen and oxygen atoms in total. The van der Waals surface area contributed by atoms with Crippen LogP contribution in [0.3, 0.4) is 0 Å². The van der Waals surface area contributed by atoms with Crippen molar-refractivity contribution in [1.29, 1.82) is 0 Å². The fraction of sp³-hybridized carbons (Fsp3) is 0.926. The summed E-state index contributed by atoms with van der Waals surface area (Å²) in [5, 5.41) is 45.1. The Morgan fingerprint density at radius 1 is 0.481 bits per heavy atom. The van der Waals surface area contributed by atoms with Gasteiger partial charge in [-0.25, -0.2) is 4.18 Å². The van der Waals surface area contributed by atoms with E-state index in [1.54, 1.807) is 6.08 Å². The van der Waals surface area contributed by atoms with Gasteiger partial charge in [-0.1, -0.05) is 321 Å². The highest BCUT2D eigenvalue weighted by Crippen LogP contribution is 2.26. The molecule has 0 spiro atoms. The zero-order valence-corrected chi connectivity index (χ0v) is 53.4. The number of unbranched alkanes of at least 4 members (excludes halogenated alkanes) is 48. The first-order chi connectivity index (χ1) is 39.5. The minimum atomic E-state index is -5.09. The normalized spacial score (nSPS) is 18.6. The lowest BCUT2D eigenvalue weighted by Crippen LogP contribution is -2.61. The molecule has 7 unspecified atom stereocenters. The molecule has 0 aliphatic carbocycles. The van der Waals surface area contributed by atoms with Crippen LogP contribution in [0.25, 0.3) is 0 Å². The molecule has 13 heteroatoms. The molecule has 1 saturated heterocycles. The highest BCUT2D eigenvalue weighted by molar-refractivity contribution is 7.80. The van der Waals surface area contributed by atoms with Gasteiger partial charge in [-0.15, -0.1) is 0 Å². The van der Waals surface area contributed by atoms with E-state index in [1.807, 2.05) is 6.08 Å². The molecule has 480 valence electrons. The number of aliphatic hydroxyl groups is 4. The monoisotopic (exact) mass is 1170 g/mol. The molecule has 0 bridgehead atoms. The lowest BCUT2D eigenvalue weighted by atomic mass is 9.99. The molecule has 7 atom stereocenters. The second-order valence-electron chi connectivity index (χ2n) is 24.5. The number of carbonyl (C=O) groups excluding carboxylic acids is 1. The topological polar surface area (TPSA) is 192 Å². The number of rotatable bonds is 62. The molecule has 0 aromatic heterocycles. The zero-order valence-electron chi connectivity index (χ0n) is 52.6. The molecule has 1 aliphatic heterocycles. The molecule has 6 N–H and O–H groups in total. The van der Waals surface area contributed by atoms with E-state index in [9.17, 15) is 38.2 Å². The van der Waals surface area contributed by atoms with Gasteiger partial charge in [-0.05, 0) is 44.9 Å². The average molecular weight is 1170 g/mol. The highest BCUT2D eigenvalue weighted by atomic mass is 32.3. The molecule has 1 fully saturated rings. The van der Waals surface area contributed by atoms with Crippen LogP contribution in [0.5, 0.6) is 0 Å². The van der Waals surface area contributed by atoms with Crippen molar-refractivity contribution >= 4 is 16.3 Å². The van der Waals surface area contributed by atoms with E-state index in [-0.39, 0.29) is 18.9 Å². The van der Waals surface area contributed by atoms with Gasteiger partial charge >= 0.3 is 10.4 Å². The van der Waals surface area contributed by atoms with E-state index in [2.05, 4.69) is 35.5 Å². The number of aliphatic hydroxyl groups excluding tert-OH is 4. The Balaban J connectivity index is 2.20. The Labute approximate surface area is 499 Å². The first-order valence-electron chi connectivity index (χ1n) is 34.7. The number of amides is 1. The third-order valence-corrected chi connectivity index (χ3v) is 17.2. The van der Waals surface area contributed by atoms with Crippen LogP contribution in [0, 0.1) is 0 Å². The molecule has 81 heavy (non-hydrogen) atoms. The van der Waals surface area contributed by atoms with Gasteiger partial charge in [0, 0.05) is 6.42 Å². The van der Waals surface area contributed by atoms with E-state index < -0.39 is 59.9 Å². The van der Waals surface area contributed by atoms with E-state index in [4.69, 9.17) is 9.47 Å². The summed E-state index contributed by atoms with van der Waals surface area (Å²) < 4.78 is 48.0. The Morgan fingerprint density at radius 2 is 0.790 bits per heavy atom. The standard InChI is InChI=1S/C68H131NO11S/c1-3-5-7-9-11-13-15-17-19-21-23-24-25-26-27-28-29-30-31-32-33-34-35-36-37-38-40-42-44-46-48-50-52-54-56-58-64(72)69-61(60-78-68-66(74)67(80-81(75,76)77)65(73)63(59-70)79-68)62(71)57-55-53-51-49-47-45-43-41-39-22-20-18-16-14-12-10-8-6-4-2/h28-29,55,57,61-63,65-68,70-71,73-74H,3-27,30-54,56,58-60H2,1-2H3,(H,69,72)(H,75,76,77)/b29-28-,57-55+. The first kappa shape index (κ1) is 77.6. The van der Waals surface area contributed by atoms with Crippen LogP contribution < -0.4 is 5.32 Å². The summed E-state index contributed by atoms with van der Waals surface area (Å²) >= 11 is 0. The van der Waals surface area contributed by atoms with Gasteiger partial charge in [-0.3, -0.25) is 9.35 Å². The summed E-state index contributed by atoms with van der Waals surface area (Å²) in [7, 11) is -5.09. The maximum atomic E-state index is 13.2. The van der Waals surface area contributed by atoms with Crippen molar-refractivity contribution in [2.24, 2.45) is 0 Å². The van der Waals surface area contributed by atoms with Crippen molar-refractivity contribution in [2.75, 3.05) is 13.2 Å². The summed E-state index contributed by atoms with van der Waals surface area (Å²) in [6.45, 7) is 3.45. The molecule has 1 rings (SSSR count).